The number of benzene rings is 1. The molecule has 2 amide bonds. The van der Waals surface area contributed by atoms with Gasteiger partial charge in [0.25, 0.3) is 5.56 Å². The van der Waals surface area contributed by atoms with Crippen LogP contribution in [0.2, 0.25) is 0 Å². The summed E-state index contributed by atoms with van der Waals surface area (Å²) in [7, 11) is 0. The van der Waals surface area contributed by atoms with Gasteiger partial charge in [0.15, 0.2) is 5.65 Å². The monoisotopic (exact) mass is 435 g/mol. The van der Waals surface area contributed by atoms with Crippen molar-refractivity contribution in [2.75, 3.05) is 19.6 Å². The van der Waals surface area contributed by atoms with Crippen molar-refractivity contribution in [1.82, 2.24) is 24.3 Å². The third-order valence-electron chi connectivity index (χ3n) is 6.18. The van der Waals surface area contributed by atoms with Crippen molar-refractivity contribution in [3.8, 4) is 5.69 Å². The average molecular weight is 436 g/mol. The van der Waals surface area contributed by atoms with Gasteiger partial charge in [0.05, 0.1) is 11.7 Å². The molecule has 0 bridgehead atoms. The molecule has 1 aliphatic rings. The van der Waals surface area contributed by atoms with Gasteiger partial charge in [-0.3, -0.25) is 23.5 Å². The molecule has 1 aromatic carbocycles. The number of likely N-dealkylation sites (tertiary alicyclic amines) is 1. The Morgan fingerprint density at radius 2 is 1.91 bits per heavy atom. The summed E-state index contributed by atoms with van der Waals surface area (Å²) in [5, 5.41) is 3.47. The van der Waals surface area contributed by atoms with Gasteiger partial charge in [-0.05, 0) is 44.4 Å². The quantitative estimate of drug-likeness (QED) is 0.550. The Kier molecular flexibility index (Phi) is 6.39. The second-order valence-electron chi connectivity index (χ2n) is 8.26. The van der Waals surface area contributed by atoms with Crippen molar-refractivity contribution in [3.63, 3.8) is 0 Å². The molecule has 1 fully saturated rings. The van der Waals surface area contributed by atoms with Gasteiger partial charge in [-0.1, -0.05) is 18.2 Å². The summed E-state index contributed by atoms with van der Waals surface area (Å²) in [5.74, 6) is 0.0877. The lowest BCUT2D eigenvalue weighted by molar-refractivity contribution is -0.127. The van der Waals surface area contributed by atoms with Gasteiger partial charge in [0, 0.05) is 50.4 Å². The first-order valence-corrected chi connectivity index (χ1v) is 11.1. The van der Waals surface area contributed by atoms with Crippen LogP contribution in [0.4, 0.5) is 0 Å². The summed E-state index contributed by atoms with van der Waals surface area (Å²) in [6, 6.07) is 9.85. The van der Waals surface area contributed by atoms with Crippen LogP contribution in [0.25, 0.3) is 16.7 Å². The third kappa shape index (κ3) is 4.30. The smallest absolute Gasteiger partial charge is 0.263 e. The fraction of sp³-hybridized carbons (Fsp3) is 0.417. The number of nitrogens with one attached hydrogen (secondary N) is 1. The van der Waals surface area contributed by atoms with E-state index in [1.165, 1.54) is 10.9 Å². The first-order valence-electron chi connectivity index (χ1n) is 11.1. The summed E-state index contributed by atoms with van der Waals surface area (Å²) in [5.41, 5.74) is 3.33. The highest BCUT2D eigenvalue weighted by molar-refractivity contribution is 5.83. The number of aromatic nitrogens is 3. The maximum atomic E-state index is 13.1. The Bertz CT molecular complexity index is 1200. The number of para-hydroxylation sites is 1. The molecular weight excluding hydrogens is 406 g/mol. The van der Waals surface area contributed by atoms with Crippen LogP contribution < -0.4 is 10.9 Å². The highest BCUT2D eigenvalue weighted by Gasteiger charge is 2.20. The number of carbonyl (C=O) groups excluding carboxylic acids is 2. The summed E-state index contributed by atoms with van der Waals surface area (Å²) in [4.78, 5) is 43.4. The summed E-state index contributed by atoms with van der Waals surface area (Å²) in [6.45, 7) is 6.20. The van der Waals surface area contributed by atoms with Crippen LogP contribution in [0, 0.1) is 13.8 Å². The lowest BCUT2D eigenvalue weighted by Crippen LogP contribution is -2.31. The Labute approximate surface area is 186 Å². The number of fused-ring (bicyclic) bond motifs is 1. The number of hydrogen-bond acceptors (Lipinski definition) is 4. The van der Waals surface area contributed by atoms with Crippen LogP contribution in [0.15, 0.2) is 41.5 Å². The molecule has 8 heteroatoms. The van der Waals surface area contributed by atoms with E-state index in [1.54, 1.807) is 0 Å². The Morgan fingerprint density at radius 1 is 1.12 bits per heavy atom. The lowest BCUT2D eigenvalue weighted by atomic mass is 10.2. The molecule has 4 rings (SSSR count). The molecule has 32 heavy (non-hydrogen) atoms. The molecule has 0 radical (unpaired) electrons. The maximum Gasteiger partial charge on any atom is 0.263 e. The molecule has 1 saturated heterocycles. The molecule has 2 aromatic heterocycles. The lowest BCUT2D eigenvalue weighted by Gasteiger charge is -2.15. The zero-order valence-electron chi connectivity index (χ0n) is 18.6. The van der Waals surface area contributed by atoms with Gasteiger partial charge >= 0.3 is 0 Å². The van der Waals surface area contributed by atoms with E-state index in [-0.39, 0.29) is 30.3 Å². The van der Waals surface area contributed by atoms with Crippen LogP contribution in [-0.2, 0) is 16.1 Å². The normalized spacial score (nSPS) is 13.8. The number of hydrogen-bond donors (Lipinski definition) is 1. The standard InChI is InChI=1S/C24H29N5O3/c1-17-18(2)29(19-8-4-3-5-9-19)23-22(17)24(32)28(16-26-23)15-11-20(30)25-12-7-14-27-13-6-10-21(27)31/h3-5,8-9,16H,6-7,10-15H2,1-2H3,(H,25,30). The zero-order chi connectivity index (χ0) is 22.7. The molecule has 168 valence electrons. The topological polar surface area (TPSA) is 89.2 Å². The number of aryl methyl sites for hydroxylation is 2. The number of carbonyl (C=O) groups is 2. The van der Waals surface area contributed by atoms with E-state index < -0.39 is 0 Å². The molecule has 0 aliphatic carbocycles. The second-order valence-corrected chi connectivity index (χ2v) is 8.26. The molecule has 1 N–H and O–H groups in total. The van der Waals surface area contributed by atoms with Crippen molar-refractivity contribution < 1.29 is 9.59 Å². The molecule has 1 aliphatic heterocycles. The van der Waals surface area contributed by atoms with E-state index in [2.05, 4.69) is 10.3 Å². The van der Waals surface area contributed by atoms with Gasteiger partial charge in [-0.2, -0.15) is 0 Å². The van der Waals surface area contributed by atoms with Crippen molar-refractivity contribution in [3.05, 3.63) is 58.3 Å². The highest BCUT2D eigenvalue weighted by atomic mass is 16.2. The average Bonchev–Trinajstić information content (AvgIpc) is 3.32. The first kappa shape index (κ1) is 21.8. The Morgan fingerprint density at radius 3 is 2.62 bits per heavy atom. The molecule has 0 atom stereocenters. The van der Waals surface area contributed by atoms with Crippen LogP contribution in [0.1, 0.15) is 36.9 Å². The van der Waals surface area contributed by atoms with Gasteiger partial charge in [0.2, 0.25) is 11.8 Å². The van der Waals surface area contributed by atoms with E-state index in [4.69, 9.17) is 0 Å². The fourth-order valence-corrected chi connectivity index (χ4v) is 4.29. The third-order valence-corrected chi connectivity index (χ3v) is 6.18. The molecule has 3 aromatic rings. The van der Waals surface area contributed by atoms with Gasteiger partial charge in [-0.15, -0.1) is 0 Å². The summed E-state index contributed by atoms with van der Waals surface area (Å²) >= 11 is 0. The van der Waals surface area contributed by atoms with Crippen LogP contribution in [-0.4, -0.2) is 50.5 Å². The zero-order valence-corrected chi connectivity index (χ0v) is 18.6. The van der Waals surface area contributed by atoms with E-state index in [0.29, 0.717) is 30.5 Å². The van der Waals surface area contributed by atoms with Gasteiger partial charge in [0.1, 0.15) is 0 Å². The van der Waals surface area contributed by atoms with Crippen LogP contribution >= 0.6 is 0 Å². The molecule has 8 nitrogen and oxygen atoms in total. The maximum absolute atomic E-state index is 13.1. The molecular formula is C24H29N5O3. The van der Waals surface area contributed by atoms with E-state index in [1.807, 2.05) is 53.6 Å². The first-order chi connectivity index (χ1) is 15.5. The molecule has 0 spiro atoms. The Hall–Kier alpha value is -3.42. The molecule has 0 saturated carbocycles. The van der Waals surface area contributed by atoms with E-state index in [9.17, 15) is 14.4 Å². The minimum Gasteiger partial charge on any atom is -0.356 e. The number of rotatable bonds is 8. The van der Waals surface area contributed by atoms with Crippen molar-refractivity contribution >= 4 is 22.8 Å². The van der Waals surface area contributed by atoms with Crippen LogP contribution in [0.3, 0.4) is 0 Å². The van der Waals surface area contributed by atoms with Crippen molar-refractivity contribution in [2.24, 2.45) is 0 Å². The highest BCUT2D eigenvalue weighted by Crippen LogP contribution is 2.24. The molecule has 3 heterocycles. The molecule has 0 unspecified atom stereocenters. The van der Waals surface area contributed by atoms with E-state index in [0.717, 1.165) is 36.3 Å². The second kappa shape index (κ2) is 9.38. The summed E-state index contributed by atoms with van der Waals surface area (Å²) < 4.78 is 3.50. The minimum atomic E-state index is -0.134. The van der Waals surface area contributed by atoms with Crippen molar-refractivity contribution in [2.45, 2.75) is 46.1 Å². The van der Waals surface area contributed by atoms with Gasteiger partial charge in [-0.25, -0.2) is 4.98 Å². The van der Waals surface area contributed by atoms with Gasteiger partial charge < -0.3 is 10.2 Å². The summed E-state index contributed by atoms with van der Waals surface area (Å²) in [6.07, 6.45) is 4.01. The number of nitrogens with zero attached hydrogens (tertiary/aromatic N) is 4. The predicted molar refractivity (Wildman–Crippen MR) is 123 cm³/mol. The fourth-order valence-electron chi connectivity index (χ4n) is 4.29. The van der Waals surface area contributed by atoms with Crippen molar-refractivity contribution in [1.29, 1.82) is 0 Å². The number of amides is 2. The predicted octanol–water partition coefficient (Wildman–Crippen LogP) is 2.32. The largest absolute Gasteiger partial charge is 0.356 e. The van der Waals surface area contributed by atoms with Crippen LogP contribution in [0.5, 0.6) is 0 Å². The van der Waals surface area contributed by atoms with E-state index >= 15 is 0 Å². The SMILES string of the molecule is Cc1c(C)n(-c2ccccc2)c2ncn(CCC(=O)NCCCN3CCCC3=O)c(=O)c12. The Balaban J connectivity index is 1.40. The minimum absolute atomic E-state index is 0.112.